The van der Waals surface area contributed by atoms with Crippen LogP contribution in [0.4, 0.5) is 0 Å². The van der Waals surface area contributed by atoms with Crippen molar-refractivity contribution < 1.29 is 21.8 Å². The van der Waals surface area contributed by atoms with Gasteiger partial charge in [-0.25, -0.2) is 0 Å². The Morgan fingerprint density at radius 1 is 1.09 bits per heavy atom. The van der Waals surface area contributed by atoms with E-state index < -0.39 is 36.7 Å². The summed E-state index contributed by atoms with van der Waals surface area (Å²) in [6.07, 6.45) is 0.0410. The number of benzene rings is 2. The third-order valence-corrected chi connectivity index (χ3v) is 11.4. The lowest BCUT2D eigenvalue weighted by molar-refractivity contribution is -0.0636. The summed E-state index contributed by atoms with van der Waals surface area (Å²) in [5.74, 6) is 0. The van der Waals surface area contributed by atoms with Crippen LogP contribution in [-0.4, -0.2) is 54.5 Å². The predicted molar refractivity (Wildman–Crippen MR) is 131 cm³/mol. The molecule has 2 aromatic rings. The molecule has 0 aliphatic carbocycles. The minimum absolute atomic E-state index is 0.0685. The van der Waals surface area contributed by atoms with Gasteiger partial charge in [0.2, 0.25) is 0 Å². The molecule has 3 rings (SSSR count). The van der Waals surface area contributed by atoms with Gasteiger partial charge >= 0.3 is 0 Å². The molecule has 3 atom stereocenters. The number of ether oxygens (including phenoxy) is 1. The molecule has 0 bridgehead atoms. The molecule has 1 saturated heterocycles. The second kappa shape index (κ2) is 10.4. The molecule has 1 heterocycles. The number of hydrogen-bond donors (Lipinski definition) is 0. The Balaban J connectivity index is 1.92. The van der Waals surface area contributed by atoms with E-state index in [1.165, 1.54) is 0 Å². The van der Waals surface area contributed by atoms with E-state index in [0.717, 1.165) is 16.6 Å². The van der Waals surface area contributed by atoms with E-state index in [1.54, 1.807) is 0 Å². The van der Waals surface area contributed by atoms with Gasteiger partial charge in [0, 0.05) is 11.3 Å². The first kappa shape index (κ1) is 25.4. The molecular formula is C23H31N3O5SSi. The molecule has 0 N–H and O–H groups in total. The van der Waals surface area contributed by atoms with E-state index in [2.05, 4.69) is 55.1 Å². The molecule has 8 nitrogen and oxygen atoms in total. The molecule has 0 spiro atoms. The lowest BCUT2D eigenvalue weighted by Gasteiger charge is -2.44. The third-order valence-electron chi connectivity index (χ3n) is 5.83. The Bertz CT molecular complexity index is 1030. The zero-order chi connectivity index (χ0) is 24.1. The van der Waals surface area contributed by atoms with Gasteiger partial charge in [-0.1, -0.05) is 86.5 Å². The molecular weight excluding hydrogens is 458 g/mol. The van der Waals surface area contributed by atoms with E-state index in [9.17, 15) is 8.42 Å². The van der Waals surface area contributed by atoms with Crippen molar-refractivity contribution in [2.45, 2.75) is 50.5 Å². The Labute approximate surface area is 196 Å². The number of nitrogens with zero attached hydrogens (tertiary/aromatic N) is 3. The van der Waals surface area contributed by atoms with Crippen LogP contribution in [0.5, 0.6) is 0 Å². The zero-order valence-corrected chi connectivity index (χ0v) is 21.2. The normalized spacial score (nSPS) is 21.9. The van der Waals surface area contributed by atoms with Crippen LogP contribution in [-0.2, 0) is 23.5 Å². The van der Waals surface area contributed by atoms with Crippen molar-refractivity contribution in [1.29, 1.82) is 0 Å². The highest BCUT2D eigenvalue weighted by Crippen LogP contribution is 2.37. The van der Waals surface area contributed by atoms with Crippen LogP contribution in [0.25, 0.3) is 10.4 Å². The van der Waals surface area contributed by atoms with Crippen LogP contribution in [0.1, 0.15) is 27.2 Å². The Kier molecular flexibility index (Phi) is 7.99. The van der Waals surface area contributed by atoms with Crippen molar-refractivity contribution in [3.63, 3.8) is 0 Å². The second-order valence-corrected chi connectivity index (χ2v) is 15.2. The monoisotopic (exact) mass is 489 g/mol. The molecule has 0 radical (unpaired) electrons. The average Bonchev–Trinajstić information content (AvgIpc) is 2.75. The predicted octanol–water partition coefficient (Wildman–Crippen LogP) is 3.38. The summed E-state index contributed by atoms with van der Waals surface area (Å²) in [6, 6.07) is 19.8. The van der Waals surface area contributed by atoms with Gasteiger partial charge in [-0.2, -0.15) is 8.42 Å². The molecule has 2 aromatic carbocycles. The number of azide groups is 1. The smallest absolute Gasteiger partial charge is 0.264 e. The molecule has 10 heteroatoms. The number of rotatable bonds is 8. The summed E-state index contributed by atoms with van der Waals surface area (Å²) in [7, 11) is -6.48. The van der Waals surface area contributed by atoms with Crippen molar-refractivity contribution in [2.75, 3.05) is 19.5 Å². The van der Waals surface area contributed by atoms with E-state index in [-0.39, 0.29) is 24.7 Å². The SMILES string of the molecule is CC(C)(C)[Si](OC[C@@H]1CC(OS(C)(=O)=O)C(N=[N+]=[N-])CO1)(c1ccccc1)c1ccccc1. The van der Waals surface area contributed by atoms with Gasteiger partial charge < -0.3 is 9.16 Å². The van der Waals surface area contributed by atoms with Crippen LogP contribution < -0.4 is 10.4 Å². The first-order valence-corrected chi connectivity index (χ1v) is 14.6. The number of hydrogen-bond acceptors (Lipinski definition) is 6. The molecule has 33 heavy (non-hydrogen) atoms. The molecule has 0 aromatic heterocycles. The van der Waals surface area contributed by atoms with Crippen molar-refractivity contribution in [3.05, 3.63) is 71.1 Å². The summed E-state index contributed by atoms with van der Waals surface area (Å²) < 4.78 is 41.5. The van der Waals surface area contributed by atoms with Crippen LogP contribution in [0, 0.1) is 0 Å². The van der Waals surface area contributed by atoms with Gasteiger partial charge in [-0.05, 0) is 20.9 Å². The average molecular weight is 490 g/mol. The zero-order valence-electron chi connectivity index (χ0n) is 19.4. The molecule has 178 valence electrons. The van der Waals surface area contributed by atoms with Crippen molar-refractivity contribution >= 4 is 28.8 Å². The summed E-state index contributed by atoms with van der Waals surface area (Å²) in [6.45, 7) is 6.90. The fourth-order valence-corrected chi connectivity index (χ4v) is 9.67. The Morgan fingerprint density at radius 3 is 2.09 bits per heavy atom. The third kappa shape index (κ3) is 6.03. The van der Waals surface area contributed by atoms with E-state index in [0.29, 0.717) is 0 Å². The van der Waals surface area contributed by atoms with Crippen LogP contribution >= 0.6 is 0 Å². The highest BCUT2D eigenvalue weighted by Gasteiger charge is 2.50. The lowest BCUT2D eigenvalue weighted by atomic mass is 10.0. The van der Waals surface area contributed by atoms with Gasteiger partial charge in [0.05, 0.1) is 37.7 Å². The molecule has 1 aliphatic heterocycles. The maximum atomic E-state index is 11.8. The summed E-state index contributed by atoms with van der Waals surface area (Å²) >= 11 is 0. The van der Waals surface area contributed by atoms with Gasteiger partial charge in [-0.15, -0.1) is 0 Å². The van der Waals surface area contributed by atoms with E-state index in [4.69, 9.17) is 18.9 Å². The van der Waals surface area contributed by atoms with Gasteiger partial charge in [0.15, 0.2) is 0 Å². The Morgan fingerprint density at radius 2 is 1.64 bits per heavy atom. The largest absolute Gasteiger partial charge is 0.405 e. The summed E-state index contributed by atoms with van der Waals surface area (Å²) in [5.41, 5.74) is 8.83. The maximum absolute atomic E-state index is 11.8. The van der Waals surface area contributed by atoms with Gasteiger partial charge in [0.1, 0.15) is 0 Å². The lowest BCUT2D eigenvalue weighted by Crippen LogP contribution is -2.67. The Hall–Kier alpha value is -2.20. The van der Waals surface area contributed by atoms with Crippen LogP contribution in [0.2, 0.25) is 5.04 Å². The summed E-state index contributed by atoms with van der Waals surface area (Å²) in [5, 5.41) is 5.76. The van der Waals surface area contributed by atoms with Crippen molar-refractivity contribution in [2.24, 2.45) is 5.11 Å². The van der Waals surface area contributed by atoms with Gasteiger partial charge in [-0.3, -0.25) is 4.18 Å². The fraction of sp³-hybridized carbons (Fsp3) is 0.478. The molecule has 0 amide bonds. The minimum Gasteiger partial charge on any atom is -0.405 e. The van der Waals surface area contributed by atoms with Crippen molar-refractivity contribution in [1.82, 2.24) is 0 Å². The first-order valence-electron chi connectivity index (χ1n) is 10.9. The summed E-state index contributed by atoms with van der Waals surface area (Å²) in [4.78, 5) is 2.81. The van der Waals surface area contributed by atoms with Crippen LogP contribution in [0.3, 0.4) is 0 Å². The van der Waals surface area contributed by atoms with E-state index >= 15 is 0 Å². The topological polar surface area (TPSA) is 111 Å². The maximum Gasteiger partial charge on any atom is 0.264 e. The minimum atomic E-state index is -3.72. The first-order chi connectivity index (χ1) is 15.6. The van der Waals surface area contributed by atoms with Gasteiger partial charge in [0.25, 0.3) is 18.4 Å². The highest BCUT2D eigenvalue weighted by atomic mass is 32.2. The molecule has 1 aliphatic rings. The standard InChI is InChI=1S/C23H31N3O5SSi/c1-23(2,3)33(19-11-7-5-8-12-19,20-13-9-6-10-14-20)30-16-18-15-22(31-32(4,27)28)21(17-29-18)25-26-24/h5-14,18,21-22H,15-17H2,1-4H3/t18-,21?,22?/m0/s1. The van der Waals surface area contributed by atoms with Crippen molar-refractivity contribution in [3.8, 4) is 0 Å². The van der Waals surface area contributed by atoms with E-state index in [1.807, 2.05) is 36.4 Å². The quantitative estimate of drug-likeness (QED) is 0.186. The molecule has 2 unspecified atom stereocenters. The molecule has 0 saturated carbocycles. The highest BCUT2D eigenvalue weighted by molar-refractivity contribution is 7.86. The second-order valence-electron chi connectivity index (χ2n) is 9.28. The molecule has 1 fully saturated rings. The van der Waals surface area contributed by atoms with Crippen LogP contribution in [0.15, 0.2) is 65.8 Å². The fourth-order valence-electron chi connectivity index (χ4n) is 4.42.